The van der Waals surface area contributed by atoms with Crippen molar-refractivity contribution in [3.8, 4) is 5.75 Å². The van der Waals surface area contributed by atoms with Gasteiger partial charge in [0.2, 0.25) is 0 Å². The minimum atomic E-state index is -0.808. The van der Waals surface area contributed by atoms with E-state index in [1.807, 2.05) is 0 Å². The van der Waals surface area contributed by atoms with Crippen molar-refractivity contribution < 1.29 is 38.4 Å². The molecule has 0 aliphatic rings. The van der Waals surface area contributed by atoms with Crippen LogP contribution in [0.4, 0.5) is 0 Å². The van der Waals surface area contributed by atoms with E-state index < -0.39 is 17.9 Å². The molecule has 0 spiro atoms. The van der Waals surface area contributed by atoms with Crippen molar-refractivity contribution in [2.75, 3.05) is 14.2 Å². The molecule has 3 aromatic carbocycles. The van der Waals surface area contributed by atoms with Gasteiger partial charge in [-0.3, -0.25) is 9.68 Å². The number of ketones is 1. The molecule has 8 heteroatoms. The molecular weight excluding hydrogens is 416 g/mol. The minimum absolute atomic E-state index is 0.105. The molecule has 32 heavy (non-hydrogen) atoms. The molecule has 0 heterocycles. The maximum absolute atomic E-state index is 12.7. The second kappa shape index (κ2) is 10.0. The van der Waals surface area contributed by atoms with E-state index >= 15 is 0 Å². The first-order valence-electron chi connectivity index (χ1n) is 9.33. The SMILES string of the molecule is COC(=O)c1ccc(OOC(=O)c2cccc(C(=O)c3ccc(C(=O)OC)cc3)c2)cc1. The number of hydrogen-bond acceptors (Lipinski definition) is 8. The summed E-state index contributed by atoms with van der Waals surface area (Å²) in [6.07, 6.45) is 0. The van der Waals surface area contributed by atoms with E-state index in [1.54, 1.807) is 6.07 Å². The lowest BCUT2D eigenvalue weighted by molar-refractivity contribution is -0.149. The molecule has 0 fully saturated rings. The summed E-state index contributed by atoms with van der Waals surface area (Å²) in [7, 11) is 2.54. The highest BCUT2D eigenvalue weighted by Gasteiger charge is 2.15. The monoisotopic (exact) mass is 434 g/mol. The lowest BCUT2D eigenvalue weighted by Crippen LogP contribution is -2.10. The van der Waals surface area contributed by atoms with Gasteiger partial charge in [-0.1, -0.05) is 24.3 Å². The van der Waals surface area contributed by atoms with E-state index in [-0.39, 0.29) is 22.7 Å². The minimum Gasteiger partial charge on any atom is -0.465 e. The number of carbonyl (C=O) groups is 4. The first-order valence-corrected chi connectivity index (χ1v) is 9.33. The van der Waals surface area contributed by atoms with Crippen LogP contribution in [0, 0.1) is 0 Å². The Labute approximate surface area is 183 Å². The van der Waals surface area contributed by atoms with Gasteiger partial charge in [0.25, 0.3) is 0 Å². The molecule has 0 radical (unpaired) electrons. The summed E-state index contributed by atoms with van der Waals surface area (Å²) in [5, 5.41) is 0. The largest absolute Gasteiger partial charge is 0.465 e. The van der Waals surface area contributed by atoms with Crippen molar-refractivity contribution in [3.63, 3.8) is 0 Å². The van der Waals surface area contributed by atoms with Gasteiger partial charge in [-0.15, -0.1) is 0 Å². The predicted molar refractivity (Wildman–Crippen MR) is 111 cm³/mol. The van der Waals surface area contributed by atoms with Crippen molar-refractivity contribution in [3.05, 3.63) is 101 Å². The summed E-state index contributed by atoms with van der Waals surface area (Å²) in [6, 6.07) is 17.7. The van der Waals surface area contributed by atoms with Gasteiger partial charge < -0.3 is 9.47 Å². The Hall–Kier alpha value is -4.46. The highest BCUT2D eigenvalue weighted by Crippen LogP contribution is 2.16. The van der Waals surface area contributed by atoms with Gasteiger partial charge in [0.1, 0.15) is 0 Å². The number of hydrogen-bond donors (Lipinski definition) is 0. The maximum atomic E-state index is 12.7. The van der Waals surface area contributed by atoms with Crippen molar-refractivity contribution in [1.29, 1.82) is 0 Å². The fourth-order valence-electron chi connectivity index (χ4n) is 2.73. The predicted octanol–water partition coefficient (Wildman–Crippen LogP) is 3.64. The average molecular weight is 434 g/mol. The fourth-order valence-corrected chi connectivity index (χ4v) is 2.73. The summed E-state index contributed by atoms with van der Waals surface area (Å²) < 4.78 is 9.23. The van der Waals surface area contributed by atoms with Crippen LogP contribution < -0.4 is 4.89 Å². The zero-order valence-electron chi connectivity index (χ0n) is 17.2. The highest BCUT2D eigenvalue weighted by molar-refractivity contribution is 6.10. The number of esters is 2. The molecule has 0 unspecified atom stereocenters. The standard InChI is InChI=1S/C24H18O8/c1-29-22(26)16-8-6-15(7-9-16)21(25)18-4-3-5-19(14-18)24(28)32-31-20-12-10-17(11-13-20)23(27)30-2/h3-14H,1-2H3. The van der Waals surface area contributed by atoms with Crippen LogP contribution in [-0.2, 0) is 14.4 Å². The fraction of sp³-hybridized carbons (Fsp3) is 0.0833. The molecule has 0 amide bonds. The Balaban J connectivity index is 1.67. The summed E-state index contributed by atoms with van der Waals surface area (Å²) in [6.45, 7) is 0. The number of benzene rings is 3. The lowest BCUT2D eigenvalue weighted by Gasteiger charge is -2.07. The van der Waals surface area contributed by atoms with Crippen molar-refractivity contribution >= 4 is 23.7 Å². The van der Waals surface area contributed by atoms with E-state index in [4.69, 9.17) is 9.78 Å². The van der Waals surface area contributed by atoms with Gasteiger partial charge in [-0.05, 0) is 48.5 Å². The molecule has 0 atom stereocenters. The van der Waals surface area contributed by atoms with Crippen molar-refractivity contribution in [2.24, 2.45) is 0 Å². The molecule has 0 N–H and O–H groups in total. The number of carbonyl (C=O) groups excluding carboxylic acids is 4. The topological polar surface area (TPSA) is 105 Å². The molecule has 3 aromatic rings. The second-order valence-corrected chi connectivity index (χ2v) is 6.45. The summed E-state index contributed by atoms with van der Waals surface area (Å²) in [4.78, 5) is 57.8. The van der Waals surface area contributed by atoms with Crippen LogP contribution in [0.2, 0.25) is 0 Å². The van der Waals surface area contributed by atoms with Gasteiger partial charge in [0.15, 0.2) is 11.5 Å². The number of methoxy groups -OCH3 is 2. The van der Waals surface area contributed by atoms with Crippen LogP contribution in [0.5, 0.6) is 5.75 Å². The van der Waals surface area contributed by atoms with Crippen molar-refractivity contribution in [1.82, 2.24) is 0 Å². The first-order chi connectivity index (χ1) is 15.4. The Bertz CT molecular complexity index is 1150. The lowest BCUT2D eigenvalue weighted by atomic mass is 10.0. The molecule has 0 bridgehead atoms. The molecule has 162 valence electrons. The second-order valence-electron chi connectivity index (χ2n) is 6.45. The van der Waals surface area contributed by atoms with Crippen LogP contribution in [0.25, 0.3) is 0 Å². The Morgan fingerprint density at radius 2 is 1.06 bits per heavy atom. The third-order valence-electron chi connectivity index (χ3n) is 4.42. The molecule has 0 saturated carbocycles. The molecular formula is C24H18O8. The molecule has 8 nitrogen and oxygen atoms in total. The average Bonchev–Trinajstić information content (AvgIpc) is 2.86. The van der Waals surface area contributed by atoms with Crippen LogP contribution in [0.3, 0.4) is 0 Å². The maximum Gasteiger partial charge on any atom is 0.386 e. The van der Waals surface area contributed by atoms with E-state index in [0.717, 1.165) is 0 Å². The quantitative estimate of drug-likeness (QED) is 0.240. The smallest absolute Gasteiger partial charge is 0.386 e. The summed E-state index contributed by atoms with van der Waals surface area (Å²) >= 11 is 0. The van der Waals surface area contributed by atoms with Crippen LogP contribution in [-0.4, -0.2) is 37.9 Å². The van der Waals surface area contributed by atoms with Gasteiger partial charge in [-0.2, -0.15) is 0 Å². The first kappa shape index (κ1) is 22.2. The Kier molecular flexibility index (Phi) is 6.97. The normalized spacial score (nSPS) is 10.1. The number of rotatable bonds is 7. The molecule has 0 aliphatic carbocycles. The highest BCUT2D eigenvalue weighted by atomic mass is 17.2. The molecule has 0 aliphatic heterocycles. The van der Waals surface area contributed by atoms with Crippen molar-refractivity contribution in [2.45, 2.75) is 0 Å². The Morgan fingerprint density at radius 1 is 0.562 bits per heavy atom. The van der Waals surface area contributed by atoms with Gasteiger partial charge in [0, 0.05) is 11.1 Å². The number of ether oxygens (including phenoxy) is 2. The van der Waals surface area contributed by atoms with Crippen LogP contribution in [0.1, 0.15) is 47.0 Å². The zero-order valence-corrected chi connectivity index (χ0v) is 17.2. The van der Waals surface area contributed by atoms with Crippen LogP contribution in [0.15, 0.2) is 72.8 Å². The summed E-state index contributed by atoms with van der Waals surface area (Å²) in [5.41, 5.74) is 1.33. The molecule has 0 saturated heterocycles. The van der Waals surface area contributed by atoms with Gasteiger partial charge in [-0.25, -0.2) is 19.3 Å². The van der Waals surface area contributed by atoms with E-state index in [1.165, 1.54) is 80.9 Å². The third-order valence-corrected chi connectivity index (χ3v) is 4.42. The Morgan fingerprint density at radius 3 is 1.62 bits per heavy atom. The zero-order chi connectivity index (χ0) is 23.1. The third kappa shape index (κ3) is 5.17. The van der Waals surface area contributed by atoms with E-state index in [9.17, 15) is 19.2 Å². The van der Waals surface area contributed by atoms with Gasteiger partial charge >= 0.3 is 17.9 Å². The summed E-state index contributed by atoms with van der Waals surface area (Å²) in [5.74, 6) is -1.96. The molecule has 3 rings (SSSR count). The van der Waals surface area contributed by atoms with Crippen LogP contribution >= 0.6 is 0 Å². The van der Waals surface area contributed by atoms with E-state index in [0.29, 0.717) is 16.7 Å². The molecule has 0 aromatic heterocycles. The van der Waals surface area contributed by atoms with Gasteiger partial charge in [0.05, 0.1) is 30.9 Å². The van der Waals surface area contributed by atoms with E-state index in [2.05, 4.69) is 9.47 Å².